The SMILES string of the molecule is CCOc1ccc(CC(C=C(N)C=O)=Nc2ccc(Cl)cc2Cl)cc1. The van der Waals surface area contributed by atoms with Crippen LogP contribution in [-0.2, 0) is 11.2 Å². The lowest BCUT2D eigenvalue weighted by Gasteiger charge is -2.07. The monoisotopic (exact) mass is 376 g/mol. The van der Waals surface area contributed by atoms with Crippen LogP contribution >= 0.6 is 23.2 Å². The second-order valence-electron chi connectivity index (χ2n) is 5.21. The lowest BCUT2D eigenvalue weighted by Crippen LogP contribution is -2.06. The number of aliphatic imine (C=N–C) groups is 1. The van der Waals surface area contributed by atoms with E-state index in [0.717, 1.165) is 11.3 Å². The van der Waals surface area contributed by atoms with Crippen molar-refractivity contribution in [2.24, 2.45) is 10.7 Å². The second kappa shape index (κ2) is 9.25. The average molecular weight is 377 g/mol. The van der Waals surface area contributed by atoms with E-state index in [1.54, 1.807) is 18.2 Å². The highest BCUT2D eigenvalue weighted by atomic mass is 35.5. The van der Waals surface area contributed by atoms with Gasteiger partial charge in [-0.1, -0.05) is 35.3 Å². The molecule has 2 aromatic carbocycles. The number of hydrogen-bond acceptors (Lipinski definition) is 4. The van der Waals surface area contributed by atoms with Gasteiger partial charge < -0.3 is 10.5 Å². The van der Waals surface area contributed by atoms with Gasteiger partial charge in [-0.3, -0.25) is 9.79 Å². The summed E-state index contributed by atoms with van der Waals surface area (Å²) in [5.41, 5.74) is 7.91. The fourth-order valence-electron chi connectivity index (χ4n) is 2.16. The standard InChI is InChI=1S/C19H18Cl2N2O2/c1-2-25-17-6-3-13(4-7-17)9-16(11-15(22)12-24)23-19-8-5-14(20)10-18(19)21/h3-8,10-12H,2,9,22H2,1H3. The fourth-order valence-corrected chi connectivity index (χ4v) is 2.61. The van der Waals surface area contributed by atoms with Crippen molar-refractivity contribution in [1.82, 2.24) is 0 Å². The van der Waals surface area contributed by atoms with Gasteiger partial charge in [0.1, 0.15) is 5.75 Å². The molecule has 0 aromatic heterocycles. The zero-order valence-electron chi connectivity index (χ0n) is 13.7. The molecule has 0 aliphatic carbocycles. The Bertz CT molecular complexity index is 800. The van der Waals surface area contributed by atoms with Gasteiger partial charge in [-0.2, -0.15) is 0 Å². The van der Waals surface area contributed by atoms with E-state index >= 15 is 0 Å². The molecule has 0 saturated carbocycles. The van der Waals surface area contributed by atoms with Gasteiger partial charge in [0.15, 0.2) is 6.29 Å². The van der Waals surface area contributed by atoms with Crippen LogP contribution in [0, 0.1) is 0 Å². The summed E-state index contributed by atoms with van der Waals surface area (Å²) in [5.74, 6) is 0.799. The summed E-state index contributed by atoms with van der Waals surface area (Å²) in [7, 11) is 0. The number of ether oxygens (including phenoxy) is 1. The Morgan fingerprint density at radius 1 is 1.20 bits per heavy atom. The summed E-state index contributed by atoms with van der Waals surface area (Å²) in [6.45, 7) is 2.54. The maximum Gasteiger partial charge on any atom is 0.165 e. The summed E-state index contributed by atoms with van der Waals surface area (Å²) < 4.78 is 5.43. The van der Waals surface area contributed by atoms with Crippen LogP contribution in [0.5, 0.6) is 5.75 Å². The van der Waals surface area contributed by atoms with E-state index in [9.17, 15) is 4.79 Å². The van der Waals surface area contributed by atoms with E-state index < -0.39 is 0 Å². The number of rotatable bonds is 7. The van der Waals surface area contributed by atoms with E-state index in [2.05, 4.69) is 4.99 Å². The van der Waals surface area contributed by atoms with Crippen molar-refractivity contribution in [3.63, 3.8) is 0 Å². The number of nitrogens with zero attached hydrogens (tertiary/aromatic N) is 1. The van der Waals surface area contributed by atoms with Gasteiger partial charge in [0.2, 0.25) is 0 Å². The molecule has 0 saturated heterocycles. The topological polar surface area (TPSA) is 64.7 Å². The van der Waals surface area contributed by atoms with E-state index in [0.29, 0.717) is 40.8 Å². The molecule has 4 nitrogen and oxygen atoms in total. The van der Waals surface area contributed by atoms with E-state index in [4.69, 9.17) is 33.7 Å². The maximum atomic E-state index is 10.9. The van der Waals surface area contributed by atoms with Gasteiger partial charge in [0, 0.05) is 17.2 Å². The molecule has 0 bridgehead atoms. The number of aldehydes is 1. The largest absolute Gasteiger partial charge is 0.494 e. The number of nitrogens with two attached hydrogens (primary N) is 1. The molecular weight excluding hydrogens is 359 g/mol. The first kappa shape index (κ1) is 19.0. The molecule has 0 heterocycles. The van der Waals surface area contributed by atoms with E-state index in [1.165, 1.54) is 6.08 Å². The summed E-state index contributed by atoms with van der Waals surface area (Å²) in [4.78, 5) is 15.4. The Morgan fingerprint density at radius 3 is 2.52 bits per heavy atom. The Kier molecular flexibility index (Phi) is 7.04. The van der Waals surface area contributed by atoms with Crippen molar-refractivity contribution in [3.05, 3.63) is 69.8 Å². The summed E-state index contributed by atoms with van der Waals surface area (Å²) in [5, 5.41) is 0.953. The molecule has 0 atom stereocenters. The third-order valence-corrected chi connectivity index (χ3v) is 3.80. The third-order valence-electron chi connectivity index (χ3n) is 3.26. The second-order valence-corrected chi connectivity index (χ2v) is 6.06. The first-order valence-electron chi connectivity index (χ1n) is 7.68. The van der Waals surface area contributed by atoms with Crippen LogP contribution in [0.1, 0.15) is 12.5 Å². The van der Waals surface area contributed by atoms with Crippen molar-refractivity contribution < 1.29 is 9.53 Å². The van der Waals surface area contributed by atoms with E-state index in [1.807, 2.05) is 31.2 Å². The Balaban J connectivity index is 2.32. The van der Waals surface area contributed by atoms with Crippen molar-refractivity contribution in [1.29, 1.82) is 0 Å². The average Bonchev–Trinajstić information content (AvgIpc) is 2.59. The van der Waals surface area contributed by atoms with Gasteiger partial charge in [-0.25, -0.2) is 0 Å². The minimum atomic E-state index is 0.0924. The van der Waals surface area contributed by atoms with Gasteiger partial charge in [0.25, 0.3) is 0 Å². The smallest absolute Gasteiger partial charge is 0.165 e. The molecular formula is C19H18Cl2N2O2. The van der Waals surface area contributed by atoms with Gasteiger partial charge in [-0.15, -0.1) is 0 Å². The normalized spacial score (nSPS) is 12.1. The quantitative estimate of drug-likeness (QED) is 0.430. The van der Waals surface area contributed by atoms with Crippen LogP contribution in [0.15, 0.2) is 59.2 Å². The van der Waals surface area contributed by atoms with Gasteiger partial charge >= 0.3 is 0 Å². The molecule has 0 spiro atoms. The highest BCUT2D eigenvalue weighted by Crippen LogP contribution is 2.28. The van der Waals surface area contributed by atoms with Crippen LogP contribution in [0.2, 0.25) is 10.0 Å². The highest BCUT2D eigenvalue weighted by molar-refractivity contribution is 6.36. The van der Waals surface area contributed by atoms with Crippen molar-refractivity contribution in [2.45, 2.75) is 13.3 Å². The fraction of sp³-hybridized carbons (Fsp3) is 0.158. The summed E-state index contributed by atoms with van der Waals surface area (Å²) >= 11 is 12.1. The predicted molar refractivity (Wildman–Crippen MR) is 103 cm³/mol. The van der Waals surface area contributed by atoms with Gasteiger partial charge in [-0.05, 0) is 48.9 Å². The molecule has 130 valence electrons. The number of hydrogen-bond donors (Lipinski definition) is 1. The lowest BCUT2D eigenvalue weighted by molar-refractivity contribution is -0.104. The minimum Gasteiger partial charge on any atom is -0.494 e. The van der Waals surface area contributed by atoms with Gasteiger partial charge in [0.05, 0.1) is 23.0 Å². The number of benzene rings is 2. The van der Waals surface area contributed by atoms with Crippen LogP contribution in [-0.4, -0.2) is 18.6 Å². The predicted octanol–water partition coefficient (Wildman–Crippen LogP) is 4.75. The Hall–Kier alpha value is -2.30. The summed E-state index contributed by atoms with van der Waals surface area (Å²) in [6, 6.07) is 12.7. The molecule has 2 aromatic rings. The number of carbonyl (C=O) groups is 1. The molecule has 25 heavy (non-hydrogen) atoms. The first-order valence-corrected chi connectivity index (χ1v) is 8.44. The molecule has 2 N–H and O–H groups in total. The number of carbonyl (C=O) groups excluding carboxylic acids is 1. The zero-order chi connectivity index (χ0) is 18.2. The third kappa shape index (κ3) is 5.93. The van der Waals surface area contributed by atoms with Crippen LogP contribution in [0.3, 0.4) is 0 Å². The molecule has 0 amide bonds. The van der Waals surface area contributed by atoms with Crippen molar-refractivity contribution in [3.8, 4) is 5.75 Å². The molecule has 0 radical (unpaired) electrons. The van der Waals surface area contributed by atoms with E-state index in [-0.39, 0.29) is 5.70 Å². The first-order chi connectivity index (χ1) is 12.0. The van der Waals surface area contributed by atoms with Crippen LogP contribution < -0.4 is 10.5 Å². The number of allylic oxidation sites excluding steroid dienone is 2. The zero-order valence-corrected chi connectivity index (χ0v) is 15.2. The lowest BCUT2D eigenvalue weighted by atomic mass is 10.1. The molecule has 6 heteroatoms. The Labute approximate surface area is 156 Å². The molecule has 0 fully saturated rings. The van der Waals surface area contributed by atoms with Crippen molar-refractivity contribution >= 4 is 40.9 Å². The summed E-state index contributed by atoms with van der Waals surface area (Å²) in [6.07, 6.45) is 2.60. The maximum absolute atomic E-state index is 10.9. The number of halogens is 2. The molecule has 0 aliphatic heterocycles. The highest BCUT2D eigenvalue weighted by Gasteiger charge is 2.05. The minimum absolute atomic E-state index is 0.0924. The molecule has 0 aliphatic rings. The molecule has 0 unspecified atom stereocenters. The van der Waals surface area contributed by atoms with Crippen LogP contribution in [0.4, 0.5) is 5.69 Å². The molecule has 2 rings (SSSR count). The van der Waals surface area contributed by atoms with Crippen molar-refractivity contribution in [2.75, 3.05) is 6.61 Å². The van der Waals surface area contributed by atoms with Crippen LogP contribution in [0.25, 0.3) is 0 Å². The Morgan fingerprint density at radius 2 is 1.92 bits per heavy atom.